The molecule has 0 fully saturated rings. The highest BCUT2D eigenvalue weighted by Crippen LogP contribution is 2.36. The van der Waals surface area contributed by atoms with Crippen molar-refractivity contribution in [1.82, 2.24) is 19.9 Å². The number of nitrogens with zero attached hydrogens (tertiary/aromatic N) is 4. The van der Waals surface area contributed by atoms with Gasteiger partial charge in [0.05, 0.1) is 12.8 Å². The summed E-state index contributed by atoms with van der Waals surface area (Å²) in [6, 6.07) is 0. The van der Waals surface area contributed by atoms with E-state index in [9.17, 15) is 19.8 Å². The number of aryl methyl sites for hydroxylation is 2. The monoisotopic (exact) mass is 398 g/mol. The van der Waals surface area contributed by atoms with Crippen molar-refractivity contribution in [1.29, 1.82) is 0 Å². The van der Waals surface area contributed by atoms with Crippen molar-refractivity contribution < 1.29 is 30.0 Å². The smallest absolute Gasteiger partial charge is 0.308 e. The molecule has 2 aromatic rings. The molecule has 0 bridgehead atoms. The fourth-order valence-electron chi connectivity index (χ4n) is 1.98. The Bertz CT molecular complexity index is 759. The molecule has 0 atom stereocenters. The number of aliphatic carboxylic acids is 2. The van der Waals surface area contributed by atoms with E-state index in [2.05, 4.69) is 19.9 Å². The van der Waals surface area contributed by atoms with Gasteiger partial charge in [-0.15, -0.1) is 0 Å². The van der Waals surface area contributed by atoms with E-state index in [-0.39, 0.29) is 21.4 Å². The van der Waals surface area contributed by atoms with Gasteiger partial charge < -0.3 is 20.4 Å². The van der Waals surface area contributed by atoms with E-state index in [1.54, 1.807) is 13.8 Å². The largest absolute Gasteiger partial charge is 0.493 e. The molecule has 0 amide bonds. The summed E-state index contributed by atoms with van der Waals surface area (Å²) in [6.45, 7) is 3.11. The minimum absolute atomic E-state index is 0.134. The van der Waals surface area contributed by atoms with Gasteiger partial charge >= 0.3 is 11.9 Å². The lowest BCUT2D eigenvalue weighted by molar-refractivity contribution is -0.137. The molecule has 0 spiro atoms. The minimum Gasteiger partial charge on any atom is -0.493 e. The summed E-state index contributed by atoms with van der Waals surface area (Å²) in [6.07, 6.45) is -0.784. The van der Waals surface area contributed by atoms with Crippen LogP contribution in [0.1, 0.15) is 22.5 Å². The van der Waals surface area contributed by atoms with E-state index >= 15 is 0 Å². The van der Waals surface area contributed by atoms with Crippen molar-refractivity contribution in [2.24, 2.45) is 0 Å². The summed E-state index contributed by atoms with van der Waals surface area (Å²) in [5.41, 5.74) is 0.934. The maximum atomic E-state index is 10.8. The third kappa shape index (κ3) is 4.95. The molecule has 138 valence electrons. The molecule has 0 saturated carbocycles. The Kier molecular flexibility index (Phi) is 6.21. The second-order valence-electron chi connectivity index (χ2n) is 5.10. The number of carboxylic acid groups (broad SMARTS) is 2. The first-order chi connectivity index (χ1) is 12.2. The summed E-state index contributed by atoms with van der Waals surface area (Å²) < 4.78 is 0. The van der Waals surface area contributed by atoms with Crippen molar-refractivity contribution in [3.8, 4) is 11.8 Å². The molecule has 2 aromatic heterocycles. The van der Waals surface area contributed by atoms with Crippen LogP contribution < -0.4 is 0 Å². The number of hydrogen-bond acceptors (Lipinski definition) is 10. The third-order valence-corrected chi connectivity index (χ3v) is 5.08. The Morgan fingerprint density at radius 3 is 1.38 bits per heavy atom. The lowest BCUT2D eigenvalue weighted by atomic mass is 10.2. The second-order valence-corrected chi connectivity index (χ2v) is 7.16. The van der Waals surface area contributed by atoms with Gasteiger partial charge in [0.15, 0.2) is 0 Å². The molecule has 0 unspecified atom stereocenters. The molecule has 0 radical (unpaired) electrons. The summed E-state index contributed by atoms with van der Waals surface area (Å²) in [7, 11) is 2.00. The fraction of sp³-hybridized carbons (Fsp3) is 0.286. The van der Waals surface area contributed by atoms with Crippen LogP contribution in [0.25, 0.3) is 0 Å². The van der Waals surface area contributed by atoms with Gasteiger partial charge in [0, 0.05) is 22.5 Å². The van der Waals surface area contributed by atoms with Gasteiger partial charge in [0.25, 0.3) is 0 Å². The van der Waals surface area contributed by atoms with Crippen LogP contribution >= 0.6 is 21.6 Å². The second kappa shape index (κ2) is 8.19. The maximum Gasteiger partial charge on any atom is 0.308 e. The topological polar surface area (TPSA) is 167 Å². The van der Waals surface area contributed by atoms with E-state index in [4.69, 9.17) is 10.2 Å². The number of aromatic nitrogens is 4. The van der Waals surface area contributed by atoms with E-state index in [0.717, 1.165) is 21.6 Å². The zero-order valence-corrected chi connectivity index (χ0v) is 15.3. The van der Waals surface area contributed by atoms with Crippen LogP contribution in [0.15, 0.2) is 10.3 Å². The number of aromatic hydroxyl groups is 2. The highest BCUT2D eigenvalue weighted by atomic mass is 33.1. The molecule has 2 rings (SSSR count). The van der Waals surface area contributed by atoms with Crippen molar-refractivity contribution in [2.75, 3.05) is 0 Å². The first-order valence-electron chi connectivity index (χ1n) is 7.08. The Morgan fingerprint density at radius 1 is 0.769 bits per heavy atom. The van der Waals surface area contributed by atoms with Crippen LogP contribution in [0.2, 0.25) is 0 Å². The fourth-order valence-corrected chi connectivity index (χ4v) is 3.62. The molecule has 2 heterocycles. The first kappa shape index (κ1) is 19.7. The van der Waals surface area contributed by atoms with Gasteiger partial charge in [0.1, 0.15) is 0 Å². The number of carboxylic acids is 2. The van der Waals surface area contributed by atoms with Gasteiger partial charge in [-0.05, 0) is 35.4 Å². The van der Waals surface area contributed by atoms with Gasteiger partial charge in [-0.2, -0.15) is 9.97 Å². The molecule has 0 aliphatic rings. The van der Waals surface area contributed by atoms with Crippen LogP contribution in [0, 0.1) is 13.8 Å². The van der Waals surface area contributed by atoms with Crippen molar-refractivity contribution in [2.45, 2.75) is 37.0 Å². The third-order valence-electron chi connectivity index (χ3n) is 3.19. The van der Waals surface area contributed by atoms with Gasteiger partial charge in [-0.1, -0.05) is 0 Å². The lowest BCUT2D eigenvalue weighted by Gasteiger charge is -2.08. The van der Waals surface area contributed by atoms with Crippen molar-refractivity contribution >= 4 is 33.5 Å². The SMILES string of the molecule is Cc1nc(SSc2nc(C)c(CC(=O)O)c(O)n2)nc(O)c1CC(=O)O. The molecule has 10 nitrogen and oxygen atoms in total. The summed E-state index contributed by atoms with van der Waals surface area (Å²) in [5, 5.41) is 37.7. The predicted octanol–water partition coefficient (Wildman–Crippen LogP) is 1.35. The molecular weight excluding hydrogens is 384 g/mol. The highest BCUT2D eigenvalue weighted by molar-refractivity contribution is 8.76. The van der Waals surface area contributed by atoms with Crippen LogP contribution in [0.3, 0.4) is 0 Å². The van der Waals surface area contributed by atoms with Crippen molar-refractivity contribution in [3.05, 3.63) is 22.5 Å². The summed E-state index contributed by atoms with van der Waals surface area (Å²) >= 11 is 0. The number of rotatable bonds is 7. The van der Waals surface area contributed by atoms with Gasteiger partial charge in [-0.3, -0.25) is 9.59 Å². The van der Waals surface area contributed by atoms with E-state index < -0.39 is 36.5 Å². The van der Waals surface area contributed by atoms with Crippen molar-refractivity contribution in [3.63, 3.8) is 0 Å². The molecule has 0 saturated heterocycles. The summed E-state index contributed by atoms with van der Waals surface area (Å²) in [4.78, 5) is 37.4. The van der Waals surface area contributed by atoms with Crippen LogP contribution in [0.4, 0.5) is 0 Å². The Hall–Kier alpha value is -2.60. The minimum atomic E-state index is -1.11. The first-order valence-corrected chi connectivity index (χ1v) is 9.23. The van der Waals surface area contributed by atoms with E-state index in [1.807, 2.05) is 0 Å². The highest BCUT2D eigenvalue weighted by Gasteiger charge is 2.17. The quantitative estimate of drug-likeness (QED) is 0.391. The van der Waals surface area contributed by atoms with Crippen LogP contribution in [0.5, 0.6) is 11.8 Å². The molecule has 0 aliphatic carbocycles. The van der Waals surface area contributed by atoms with Crippen LogP contribution in [-0.2, 0) is 22.4 Å². The Morgan fingerprint density at radius 2 is 1.12 bits per heavy atom. The average molecular weight is 398 g/mol. The normalized spacial score (nSPS) is 10.7. The standard InChI is InChI=1S/C14H14N4O6S2/c1-5-7(3-9(19)20)11(23)17-13(15-5)25-26-14-16-6(2)8(4-10(21)22)12(24)18-14/h3-4H2,1-2H3,(H,19,20)(H,21,22)(H,15,17,23)(H,16,18,24). The Labute approximate surface area is 155 Å². The molecular formula is C14H14N4O6S2. The van der Waals surface area contributed by atoms with Gasteiger partial charge in [-0.25, -0.2) is 9.97 Å². The van der Waals surface area contributed by atoms with Crippen LogP contribution in [-0.4, -0.2) is 52.3 Å². The average Bonchev–Trinajstić information content (AvgIpc) is 2.52. The molecule has 12 heteroatoms. The van der Waals surface area contributed by atoms with Gasteiger partial charge in [0.2, 0.25) is 22.1 Å². The molecule has 26 heavy (non-hydrogen) atoms. The Balaban J connectivity index is 2.16. The number of carbonyl (C=O) groups is 2. The predicted molar refractivity (Wildman–Crippen MR) is 91.3 cm³/mol. The zero-order valence-electron chi connectivity index (χ0n) is 13.6. The summed E-state index contributed by atoms with van der Waals surface area (Å²) in [5.74, 6) is -3.05. The maximum absolute atomic E-state index is 10.8. The molecule has 0 aliphatic heterocycles. The molecule has 4 N–H and O–H groups in total. The lowest BCUT2D eigenvalue weighted by Crippen LogP contribution is -2.06. The molecule has 0 aromatic carbocycles. The zero-order chi connectivity index (χ0) is 19.4. The van der Waals surface area contributed by atoms with E-state index in [1.165, 1.54) is 0 Å². The van der Waals surface area contributed by atoms with E-state index in [0.29, 0.717) is 11.4 Å². The number of hydrogen-bond donors (Lipinski definition) is 4.